The van der Waals surface area contributed by atoms with Gasteiger partial charge in [-0.15, -0.1) is 11.3 Å². The van der Waals surface area contributed by atoms with E-state index in [0.717, 1.165) is 9.35 Å². The van der Waals surface area contributed by atoms with Gasteiger partial charge in [-0.2, -0.15) is 4.31 Å². The molecule has 1 amide bonds. The van der Waals surface area contributed by atoms with Crippen LogP contribution in [0.4, 0.5) is 5.69 Å². The number of halogens is 1. The van der Waals surface area contributed by atoms with Crippen LogP contribution in [-0.4, -0.2) is 31.7 Å². The summed E-state index contributed by atoms with van der Waals surface area (Å²) in [6.07, 6.45) is 1.37. The summed E-state index contributed by atoms with van der Waals surface area (Å²) in [5.41, 5.74) is 0.710. The number of carbonyl (C=O) groups excluding carboxylic acids is 1. The van der Waals surface area contributed by atoms with E-state index in [1.54, 1.807) is 12.1 Å². The van der Waals surface area contributed by atoms with Gasteiger partial charge in [0.25, 0.3) is 10.0 Å². The number of nitrogens with one attached hydrogen (secondary N) is 1. The third-order valence-corrected chi connectivity index (χ3v) is 8.04. The zero-order chi connectivity index (χ0) is 18.0. The van der Waals surface area contributed by atoms with E-state index in [4.69, 9.17) is 0 Å². The standard InChI is InChI=1S/C17H19BrN2O3S2/c1-12-4-9-16(24-12)25(22,23)20-10-2-3-13(11-20)17(21)19-15-7-5-14(18)6-8-15/h4-9,13H,2-3,10-11H2,1H3,(H,19,21). The van der Waals surface area contributed by atoms with Crippen LogP contribution in [0.15, 0.2) is 45.1 Å². The fourth-order valence-electron chi connectivity index (χ4n) is 2.83. The molecular weight excluding hydrogens is 424 g/mol. The first-order chi connectivity index (χ1) is 11.9. The smallest absolute Gasteiger partial charge is 0.252 e. The highest BCUT2D eigenvalue weighted by Crippen LogP contribution is 2.28. The zero-order valence-corrected chi connectivity index (χ0v) is 17.0. The van der Waals surface area contributed by atoms with Gasteiger partial charge in [-0.25, -0.2) is 8.42 Å². The first-order valence-electron chi connectivity index (χ1n) is 7.99. The molecule has 2 aromatic rings. The molecule has 1 aromatic heterocycles. The monoisotopic (exact) mass is 442 g/mol. The molecule has 134 valence electrons. The van der Waals surface area contributed by atoms with Crippen LogP contribution < -0.4 is 5.32 Å². The molecule has 2 heterocycles. The van der Waals surface area contributed by atoms with Crippen LogP contribution in [0.1, 0.15) is 17.7 Å². The van der Waals surface area contributed by atoms with Gasteiger partial charge in [0.15, 0.2) is 0 Å². The van der Waals surface area contributed by atoms with Crippen molar-refractivity contribution in [3.8, 4) is 0 Å². The predicted octanol–water partition coefficient (Wildman–Crippen LogP) is 3.86. The summed E-state index contributed by atoms with van der Waals surface area (Å²) in [6.45, 7) is 2.57. The molecule has 3 rings (SSSR count). The molecule has 0 spiro atoms. The summed E-state index contributed by atoms with van der Waals surface area (Å²) in [6, 6.07) is 10.8. The molecule has 1 saturated heterocycles. The second-order valence-electron chi connectivity index (χ2n) is 6.06. The Morgan fingerprint density at radius 3 is 2.60 bits per heavy atom. The number of rotatable bonds is 4. The molecule has 25 heavy (non-hydrogen) atoms. The topological polar surface area (TPSA) is 66.5 Å². The van der Waals surface area contributed by atoms with Crippen molar-refractivity contribution in [2.24, 2.45) is 5.92 Å². The molecule has 0 radical (unpaired) electrons. The van der Waals surface area contributed by atoms with Gasteiger partial charge in [-0.1, -0.05) is 15.9 Å². The van der Waals surface area contributed by atoms with E-state index in [-0.39, 0.29) is 18.4 Å². The fourth-order valence-corrected chi connectivity index (χ4v) is 6.06. The average molecular weight is 443 g/mol. The van der Waals surface area contributed by atoms with Crippen LogP contribution in [0.25, 0.3) is 0 Å². The quantitative estimate of drug-likeness (QED) is 0.781. The molecular formula is C17H19BrN2O3S2. The second-order valence-corrected chi connectivity index (χ2v) is 10.4. The molecule has 0 saturated carbocycles. The van der Waals surface area contributed by atoms with Crippen molar-refractivity contribution >= 4 is 48.9 Å². The number of amides is 1. The number of carbonyl (C=O) groups is 1. The first-order valence-corrected chi connectivity index (χ1v) is 11.0. The maximum absolute atomic E-state index is 12.8. The predicted molar refractivity (Wildman–Crippen MR) is 103 cm³/mol. The summed E-state index contributed by atoms with van der Waals surface area (Å²) < 4.78 is 28.2. The minimum Gasteiger partial charge on any atom is -0.326 e. The first kappa shape index (κ1) is 18.6. The summed E-state index contributed by atoms with van der Waals surface area (Å²) in [5, 5.41) is 2.88. The number of sulfonamides is 1. The van der Waals surface area contributed by atoms with E-state index >= 15 is 0 Å². The number of nitrogens with zero attached hydrogens (tertiary/aromatic N) is 1. The minimum absolute atomic E-state index is 0.135. The van der Waals surface area contributed by atoms with Crippen molar-refractivity contribution in [1.82, 2.24) is 4.31 Å². The van der Waals surface area contributed by atoms with Crippen LogP contribution in [0.2, 0.25) is 0 Å². The normalized spacial score (nSPS) is 18.9. The van der Waals surface area contributed by atoms with Gasteiger partial charge < -0.3 is 5.32 Å². The maximum Gasteiger partial charge on any atom is 0.252 e. The Morgan fingerprint density at radius 2 is 1.96 bits per heavy atom. The van der Waals surface area contributed by atoms with Gasteiger partial charge >= 0.3 is 0 Å². The molecule has 8 heteroatoms. The molecule has 0 bridgehead atoms. The van der Waals surface area contributed by atoms with Crippen LogP contribution >= 0.6 is 27.3 Å². The molecule has 1 fully saturated rings. The second kappa shape index (κ2) is 7.57. The number of hydrogen-bond donors (Lipinski definition) is 1. The van der Waals surface area contributed by atoms with Crippen molar-refractivity contribution in [2.45, 2.75) is 24.0 Å². The number of aryl methyl sites for hydroxylation is 1. The van der Waals surface area contributed by atoms with Crippen LogP contribution in [-0.2, 0) is 14.8 Å². The lowest BCUT2D eigenvalue weighted by atomic mass is 9.99. The molecule has 1 atom stereocenters. The summed E-state index contributed by atoms with van der Waals surface area (Å²) in [4.78, 5) is 13.5. The Bertz CT molecular complexity index is 862. The lowest BCUT2D eigenvalue weighted by Crippen LogP contribution is -2.43. The number of anilines is 1. The van der Waals surface area contributed by atoms with Gasteiger partial charge in [0.2, 0.25) is 5.91 Å². The van der Waals surface area contributed by atoms with Crippen LogP contribution in [0.5, 0.6) is 0 Å². The molecule has 1 unspecified atom stereocenters. The average Bonchev–Trinajstić information content (AvgIpc) is 3.04. The van der Waals surface area contributed by atoms with E-state index < -0.39 is 10.0 Å². The van der Waals surface area contributed by atoms with Crippen molar-refractivity contribution in [3.05, 3.63) is 45.7 Å². The van der Waals surface area contributed by atoms with Crippen LogP contribution in [0.3, 0.4) is 0 Å². The van der Waals surface area contributed by atoms with Crippen LogP contribution in [0, 0.1) is 12.8 Å². The number of piperidine rings is 1. The van der Waals surface area contributed by atoms with Crippen molar-refractivity contribution < 1.29 is 13.2 Å². The van der Waals surface area contributed by atoms with Crippen molar-refractivity contribution in [3.63, 3.8) is 0 Å². The van der Waals surface area contributed by atoms with E-state index in [0.29, 0.717) is 29.3 Å². The maximum atomic E-state index is 12.8. The van der Waals surface area contributed by atoms with Gasteiger partial charge in [0.1, 0.15) is 4.21 Å². The van der Waals surface area contributed by atoms with Crippen molar-refractivity contribution in [2.75, 3.05) is 18.4 Å². The summed E-state index contributed by atoms with van der Waals surface area (Å²) in [5.74, 6) is -0.474. The number of hydrogen-bond acceptors (Lipinski definition) is 4. The largest absolute Gasteiger partial charge is 0.326 e. The number of benzene rings is 1. The highest BCUT2D eigenvalue weighted by Gasteiger charge is 2.34. The fraction of sp³-hybridized carbons (Fsp3) is 0.353. The zero-order valence-electron chi connectivity index (χ0n) is 13.7. The molecule has 1 aromatic carbocycles. The number of thiophene rings is 1. The third-order valence-electron chi connectivity index (χ3n) is 4.18. The Hall–Kier alpha value is -1.22. The molecule has 5 nitrogen and oxygen atoms in total. The van der Waals surface area contributed by atoms with E-state index in [1.807, 2.05) is 31.2 Å². The van der Waals surface area contributed by atoms with E-state index in [1.165, 1.54) is 15.6 Å². The Kier molecular flexibility index (Phi) is 5.62. The van der Waals surface area contributed by atoms with Crippen molar-refractivity contribution in [1.29, 1.82) is 0 Å². The third kappa shape index (κ3) is 4.31. The Morgan fingerprint density at radius 1 is 1.24 bits per heavy atom. The Balaban J connectivity index is 1.70. The van der Waals surface area contributed by atoms with E-state index in [2.05, 4.69) is 21.2 Å². The van der Waals surface area contributed by atoms with E-state index in [9.17, 15) is 13.2 Å². The minimum atomic E-state index is -3.52. The van der Waals surface area contributed by atoms with Gasteiger partial charge in [0, 0.05) is 28.1 Å². The highest BCUT2D eigenvalue weighted by molar-refractivity contribution is 9.10. The molecule has 1 N–H and O–H groups in total. The summed E-state index contributed by atoms with van der Waals surface area (Å²) in [7, 11) is -3.52. The van der Waals surface area contributed by atoms with Gasteiger partial charge in [0.05, 0.1) is 5.92 Å². The molecule has 0 aliphatic carbocycles. The Labute approximate surface area is 160 Å². The molecule has 1 aliphatic rings. The SMILES string of the molecule is Cc1ccc(S(=O)(=O)N2CCCC(C(=O)Nc3ccc(Br)cc3)C2)s1. The van der Waals surface area contributed by atoms with Gasteiger partial charge in [-0.3, -0.25) is 4.79 Å². The molecule has 1 aliphatic heterocycles. The lowest BCUT2D eigenvalue weighted by molar-refractivity contribution is -0.120. The highest BCUT2D eigenvalue weighted by atomic mass is 79.9. The van der Waals surface area contributed by atoms with Gasteiger partial charge in [-0.05, 0) is 56.2 Å². The summed E-state index contributed by atoms with van der Waals surface area (Å²) >= 11 is 4.62. The lowest BCUT2D eigenvalue weighted by Gasteiger charge is -2.30.